The predicted octanol–water partition coefficient (Wildman–Crippen LogP) is 2.22. The van der Waals surface area contributed by atoms with Crippen molar-refractivity contribution in [3.63, 3.8) is 0 Å². The number of hydrogen-bond donors (Lipinski definition) is 2. The molecule has 0 unspecified atom stereocenters. The molecule has 4 nitrogen and oxygen atoms in total. The molecule has 0 atom stereocenters. The van der Waals surface area contributed by atoms with Gasteiger partial charge in [-0.25, -0.2) is 0 Å². The number of rotatable bonds is 3. The number of nitrogens with zero attached hydrogens (tertiary/aromatic N) is 1. The van der Waals surface area contributed by atoms with Crippen molar-refractivity contribution >= 4 is 11.8 Å². The second-order valence-electron chi connectivity index (χ2n) is 5.29. The Kier molecular flexibility index (Phi) is 3.62. The topological polar surface area (TPSA) is 54.3 Å². The normalized spacial score (nSPS) is 13.7. The fourth-order valence-electron chi connectivity index (χ4n) is 2.74. The molecule has 1 heterocycles. The minimum absolute atomic E-state index is 0.00441. The number of hydrogen-bond acceptors (Lipinski definition) is 3. The first kappa shape index (κ1) is 13.6. The second-order valence-corrected chi connectivity index (χ2v) is 5.29. The number of benzene rings is 1. The maximum absolute atomic E-state index is 11.9. The van der Waals surface area contributed by atoms with E-state index >= 15 is 0 Å². The molecule has 0 fully saturated rings. The fourth-order valence-corrected chi connectivity index (χ4v) is 2.74. The Morgan fingerprint density at radius 2 is 2.10 bits per heavy atom. The lowest BCUT2D eigenvalue weighted by Gasteiger charge is -2.19. The summed E-state index contributed by atoms with van der Waals surface area (Å²) in [6.07, 6.45) is 5.43. The molecule has 0 aliphatic heterocycles. The van der Waals surface area contributed by atoms with Crippen molar-refractivity contribution in [3.05, 3.63) is 63.6 Å². The molecule has 1 aromatic carbocycles. The minimum Gasteiger partial charge on any atom is -0.508 e. The van der Waals surface area contributed by atoms with Crippen LogP contribution >= 0.6 is 0 Å². The largest absolute Gasteiger partial charge is 0.508 e. The van der Waals surface area contributed by atoms with Gasteiger partial charge < -0.3 is 10.4 Å². The summed E-state index contributed by atoms with van der Waals surface area (Å²) >= 11 is 0. The molecule has 2 N–H and O–H groups in total. The number of fused-ring (bicyclic) bond motifs is 1. The number of nitrogens with one attached hydrogen (secondary N) is 1. The molecule has 4 heteroatoms. The highest BCUT2D eigenvalue weighted by molar-refractivity contribution is 5.75. The van der Waals surface area contributed by atoms with Gasteiger partial charge in [-0.3, -0.25) is 9.36 Å². The SMILES string of the molecule is CNCc1ccc2c(c1)CCC(n1ccc(O)cc1=O)=C2. The van der Waals surface area contributed by atoms with E-state index in [1.54, 1.807) is 10.8 Å². The van der Waals surface area contributed by atoms with E-state index in [1.165, 1.54) is 23.3 Å². The van der Waals surface area contributed by atoms with Crippen molar-refractivity contribution in [2.24, 2.45) is 0 Å². The summed E-state index contributed by atoms with van der Waals surface area (Å²) in [7, 11) is 1.94. The van der Waals surface area contributed by atoms with Gasteiger partial charge in [-0.2, -0.15) is 0 Å². The number of pyridine rings is 1. The van der Waals surface area contributed by atoms with Crippen LogP contribution < -0.4 is 10.9 Å². The zero-order valence-electron chi connectivity index (χ0n) is 12.0. The molecule has 3 rings (SSSR count). The molecule has 1 aromatic heterocycles. The Morgan fingerprint density at radius 3 is 2.86 bits per heavy atom. The lowest BCUT2D eigenvalue weighted by Crippen LogP contribution is -2.19. The molecular weight excluding hydrogens is 264 g/mol. The van der Waals surface area contributed by atoms with E-state index < -0.39 is 0 Å². The summed E-state index contributed by atoms with van der Waals surface area (Å²) in [6.45, 7) is 0.862. The summed E-state index contributed by atoms with van der Waals surface area (Å²) in [5, 5.41) is 12.5. The van der Waals surface area contributed by atoms with Crippen LogP contribution in [0.5, 0.6) is 5.75 Å². The first-order valence-electron chi connectivity index (χ1n) is 7.06. The molecule has 0 spiro atoms. The number of aromatic hydroxyl groups is 1. The van der Waals surface area contributed by atoms with Gasteiger partial charge in [0.25, 0.3) is 5.56 Å². The predicted molar refractivity (Wildman–Crippen MR) is 84.1 cm³/mol. The molecule has 0 radical (unpaired) electrons. The Hall–Kier alpha value is -2.33. The smallest absolute Gasteiger partial charge is 0.258 e. The van der Waals surface area contributed by atoms with E-state index in [-0.39, 0.29) is 11.3 Å². The quantitative estimate of drug-likeness (QED) is 0.907. The lowest BCUT2D eigenvalue weighted by molar-refractivity contribution is 0.473. The summed E-state index contributed by atoms with van der Waals surface area (Å²) in [4.78, 5) is 11.9. The maximum atomic E-state index is 11.9. The Labute approximate surface area is 123 Å². The Balaban J connectivity index is 1.98. The van der Waals surface area contributed by atoms with Crippen LogP contribution in [-0.4, -0.2) is 16.7 Å². The molecule has 0 saturated heterocycles. The zero-order valence-corrected chi connectivity index (χ0v) is 12.0. The van der Waals surface area contributed by atoms with E-state index in [0.717, 1.165) is 30.6 Å². The van der Waals surface area contributed by atoms with Crippen molar-refractivity contribution in [3.8, 4) is 5.75 Å². The van der Waals surface area contributed by atoms with E-state index in [4.69, 9.17) is 0 Å². The van der Waals surface area contributed by atoms with Crippen LogP contribution in [0.25, 0.3) is 11.8 Å². The average Bonchev–Trinajstić information content (AvgIpc) is 2.47. The minimum atomic E-state index is -0.198. The third-order valence-corrected chi connectivity index (χ3v) is 3.77. The standard InChI is InChI=1S/C17H18N2O2/c1-18-11-12-2-3-14-9-15(5-4-13(14)8-12)19-7-6-16(20)10-17(19)21/h2-3,6-10,18,20H,4-5,11H2,1H3. The van der Waals surface area contributed by atoms with Crippen molar-refractivity contribution in [1.29, 1.82) is 0 Å². The van der Waals surface area contributed by atoms with Crippen LogP contribution in [0.4, 0.5) is 0 Å². The number of aromatic nitrogens is 1. The van der Waals surface area contributed by atoms with Crippen LogP contribution in [0.1, 0.15) is 23.1 Å². The van der Waals surface area contributed by atoms with Crippen LogP contribution in [0, 0.1) is 0 Å². The van der Waals surface area contributed by atoms with Gasteiger partial charge in [0.05, 0.1) is 0 Å². The van der Waals surface area contributed by atoms with Crippen molar-refractivity contribution in [2.45, 2.75) is 19.4 Å². The molecule has 108 valence electrons. The molecule has 1 aliphatic rings. The van der Waals surface area contributed by atoms with Crippen LogP contribution in [0.15, 0.2) is 41.3 Å². The lowest BCUT2D eigenvalue weighted by atomic mass is 9.93. The van der Waals surface area contributed by atoms with Crippen molar-refractivity contribution in [2.75, 3.05) is 7.05 Å². The van der Waals surface area contributed by atoms with Gasteiger partial charge in [-0.05, 0) is 48.7 Å². The first-order valence-corrected chi connectivity index (χ1v) is 7.06. The monoisotopic (exact) mass is 282 g/mol. The third kappa shape index (κ3) is 2.76. The van der Waals surface area contributed by atoms with Gasteiger partial charge in [0.1, 0.15) is 5.75 Å². The first-order chi connectivity index (χ1) is 10.2. The van der Waals surface area contributed by atoms with Crippen LogP contribution in [-0.2, 0) is 13.0 Å². The zero-order chi connectivity index (χ0) is 14.8. The second kappa shape index (κ2) is 5.58. The summed E-state index contributed by atoms with van der Waals surface area (Å²) in [5.41, 5.74) is 4.52. The van der Waals surface area contributed by atoms with Gasteiger partial charge in [0, 0.05) is 24.5 Å². The van der Waals surface area contributed by atoms with Gasteiger partial charge in [0.15, 0.2) is 0 Å². The van der Waals surface area contributed by atoms with Gasteiger partial charge in [-0.15, -0.1) is 0 Å². The molecule has 2 aromatic rings. The highest BCUT2D eigenvalue weighted by Gasteiger charge is 2.13. The molecule has 0 amide bonds. The molecule has 21 heavy (non-hydrogen) atoms. The van der Waals surface area contributed by atoms with Gasteiger partial charge in [-0.1, -0.05) is 18.2 Å². The molecule has 0 saturated carbocycles. The number of allylic oxidation sites excluding steroid dienone is 1. The van der Waals surface area contributed by atoms with Crippen molar-refractivity contribution in [1.82, 2.24) is 9.88 Å². The third-order valence-electron chi connectivity index (χ3n) is 3.77. The average molecular weight is 282 g/mol. The van der Waals surface area contributed by atoms with Crippen LogP contribution in [0.3, 0.4) is 0 Å². The van der Waals surface area contributed by atoms with E-state index in [2.05, 4.69) is 29.6 Å². The summed E-state index contributed by atoms with van der Waals surface area (Å²) < 4.78 is 1.60. The van der Waals surface area contributed by atoms with Crippen molar-refractivity contribution < 1.29 is 5.11 Å². The molecule has 1 aliphatic carbocycles. The summed E-state index contributed by atoms with van der Waals surface area (Å²) in [5.74, 6) is 0.00441. The highest BCUT2D eigenvalue weighted by Crippen LogP contribution is 2.27. The van der Waals surface area contributed by atoms with E-state index in [9.17, 15) is 9.90 Å². The Bertz CT molecular complexity index is 760. The summed E-state index contributed by atoms with van der Waals surface area (Å²) in [6, 6.07) is 9.21. The van der Waals surface area contributed by atoms with Crippen LogP contribution in [0.2, 0.25) is 0 Å². The number of aryl methyl sites for hydroxylation is 1. The van der Waals surface area contributed by atoms with Gasteiger partial charge >= 0.3 is 0 Å². The molecule has 0 bridgehead atoms. The van der Waals surface area contributed by atoms with Gasteiger partial charge in [0.2, 0.25) is 0 Å². The molecular formula is C17H18N2O2. The van der Waals surface area contributed by atoms with E-state index in [0.29, 0.717) is 0 Å². The maximum Gasteiger partial charge on any atom is 0.258 e. The van der Waals surface area contributed by atoms with E-state index in [1.807, 2.05) is 7.05 Å². The highest BCUT2D eigenvalue weighted by atomic mass is 16.3. The fraction of sp³-hybridized carbons (Fsp3) is 0.235. The Morgan fingerprint density at radius 1 is 1.24 bits per heavy atom.